The Hall–Kier alpha value is -1.40. The topological polar surface area (TPSA) is 66.8 Å². The third-order valence-corrected chi connectivity index (χ3v) is 2.67. The highest BCUT2D eigenvalue weighted by atomic mass is 79.9. The number of methoxy groups -OCH3 is 1. The summed E-state index contributed by atoms with van der Waals surface area (Å²) in [5.74, 6) is -1.60. The SMILES string of the molecule is COC(C(=O)O)N(C(=O)C(C)Br)c1ccccc1. The average molecular weight is 316 g/mol. The summed E-state index contributed by atoms with van der Waals surface area (Å²) in [5, 5.41) is 9.10. The molecule has 2 atom stereocenters. The van der Waals surface area contributed by atoms with Crippen molar-refractivity contribution in [1.29, 1.82) is 0 Å². The van der Waals surface area contributed by atoms with Gasteiger partial charge in [0.05, 0.1) is 4.83 Å². The molecule has 6 heteroatoms. The van der Waals surface area contributed by atoms with Gasteiger partial charge in [0, 0.05) is 12.8 Å². The van der Waals surface area contributed by atoms with E-state index in [2.05, 4.69) is 15.9 Å². The van der Waals surface area contributed by atoms with E-state index in [1.165, 1.54) is 7.11 Å². The summed E-state index contributed by atoms with van der Waals surface area (Å²) in [5.41, 5.74) is 0.475. The van der Waals surface area contributed by atoms with Crippen LogP contribution in [0.15, 0.2) is 30.3 Å². The highest BCUT2D eigenvalue weighted by molar-refractivity contribution is 9.10. The van der Waals surface area contributed by atoms with Crippen molar-refractivity contribution < 1.29 is 19.4 Å². The first-order valence-corrected chi connectivity index (χ1v) is 6.18. The van der Waals surface area contributed by atoms with Gasteiger partial charge in [0.2, 0.25) is 12.1 Å². The second-order valence-corrected chi connectivity index (χ2v) is 4.96. The predicted octanol–water partition coefficient (Wildman–Crippen LogP) is 1.86. The van der Waals surface area contributed by atoms with Crippen LogP contribution >= 0.6 is 15.9 Å². The molecule has 0 radical (unpaired) electrons. The number of carboxylic acids is 1. The Labute approximate surface area is 113 Å². The Morgan fingerprint density at radius 1 is 1.33 bits per heavy atom. The number of nitrogens with zero attached hydrogens (tertiary/aromatic N) is 1. The number of ether oxygens (including phenoxy) is 1. The monoisotopic (exact) mass is 315 g/mol. The van der Waals surface area contributed by atoms with Crippen LogP contribution in [0.25, 0.3) is 0 Å². The van der Waals surface area contributed by atoms with Crippen molar-refractivity contribution in [3.8, 4) is 0 Å². The Morgan fingerprint density at radius 2 is 1.89 bits per heavy atom. The normalized spacial score (nSPS) is 13.7. The predicted molar refractivity (Wildman–Crippen MR) is 70.7 cm³/mol. The van der Waals surface area contributed by atoms with Crippen LogP contribution in [0, 0.1) is 0 Å². The summed E-state index contributed by atoms with van der Waals surface area (Å²) in [6.45, 7) is 1.63. The van der Waals surface area contributed by atoms with Crippen LogP contribution in [-0.4, -0.2) is 35.1 Å². The second kappa shape index (κ2) is 6.51. The number of alkyl halides is 1. The van der Waals surface area contributed by atoms with E-state index in [-0.39, 0.29) is 5.91 Å². The van der Waals surface area contributed by atoms with E-state index in [1.54, 1.807) is 37.3 Å². The molecule has 1 N–H and O–H groups in total. The van der Waals surface area contributed by atoms with E-state index in [0.29, 0.717) is 5.69 Å². The zero-order valence-electron chi connectivity index (χ0n) is 10.0. The van der Waals surface area contributed by atoms with Gasteiger partial charge in [-0.3, -0.25) is 9.69 Å². The average Bonchev–Trinajstić information content (AvgIpc) is 2.35. The zero-order valence-corrected chi connectivity index (χ0v) is 11.6. The molecule has 1 amide bonds. The molecule has 0 saturated carbocycles. The smallest absolute Gasteiger partial charge is 0.354 e. The molecule has 0 aliphatic rings. The molecular formula is C12H14BrNO4. The number of aliphatic carboxylic acids is 1. The lowest BCUT2D eigenvalue weighted by Crippen LogP contribution is -2.48. The highest BCUT2D eigenvalue weighted by Crippen LogP contribution is 2.20. The van der Waals surface area contributed by atoms with Crippen molar-refractivity contribution in [1.82, 2.24) is 0 Å². The number of carboxylic acid groups (broad SMARTS) is 1. The third-order valence-electron chi connectivity index (χ3n) is 2.28. The van der Waals surface area contributed by atoms with Crippen molar-refractivity contribution in [2.24, 2.45) is 0 Å². The molecule has 0 aromatic heterocycles. The van der Waals surface area contributed by atoms with E-state index in [1.807, 2.05) is 0 Å². The van der Waals surface area contributed by atoms with Gasteiger partial charge in [0.15, 0.2) is 0 Å². The molecule has 1 aromatic rings. The Kier molecular flexibility index (Phi) is 5.30. The van der Waals surface area contributed by atoms with Gasteiger partial charge in [-0.05, 0) is 19.1 Å². The summed E-state index contributed by atoms with van der Waals surface area (Å²) in [4.78, 5) is 23.8. The summed E-state index contributed by atoms with van der Waals surface area (Å²) in [6.07, 6.45) is -1.35. The Balaban J connectivity index is 3.18. The maximum absolute atomic E-state index is 12.1. The zero-order chi connectivity index (χ0) is 13.7. The van der Waals surface area contributed by atoms with Crippen molar-refractivity contribution in [2.45, 2.75) is 18.0 Å². The minimum atomic E-state index is -1.35. The van der Waals surface area contributed by atoms with E-state index in [0.717, 1.165) is 4.90 Å². The first-order chi connectivity index (χ1) is 8.49. The molecule has 0 aliphatic carbocycles. The molecule has 0 spiro atoms. The number of amides is 1. The van der Waals surface area contributed by atoms with Gasteiger partial charge >= 0.3 is 5.97 Å². The van der Waals surface area contributed by atoms with Crippen molar-refractivity contribution in [2.75, 3.05) is 12.0 Å². The number of carbonyl (C=O) groups is 2. The maximum Gasteiger partial charge on any atom is 0.354 e. The van der Waals surface area contributed by atoms with Crippen LogP contribution in [0.5, 0.6) is 0 Å². The Morgan fingerprint density at radius 3 is 2.28 bits per heavy atom. The molecule has 0 bridgehead atoms. The molecule has 0 aliphatic heterocycles. The second-order valence-electron chi connectivity index (χ2n) is 3.59. The van der Waals surface area contributed by atoms with Gasteiger partial charge in [-0.1, -0.05) is 34.1 Å². The fourth-order valence-corrected chi connectivity index (χ4v) is 1.70. The summed E-state index contributed by atoms with van der Waals surface area (Å²) in [6, 6.07) is 8.54. The number of hydrogen-bond donors (Lipinski definition) is 1. The molecule has 1 rings (SSSR count). The number of hydrogen-bond acceptors (Lipinski definition) is 3. The first kappa shape index (κ1) is 14.7. The molecule has 98 valence electrons. The van der Waals surface area contributed by atoms with Gasteiger partial charge in [-0.2, -0.15) is 0 Å². The largest absolute Gasteiger partial charge is 0.478 e. The first-order valence-electron chi connectivity index (χ1n) is 5.26. The van der Waals surface area contributed by atoms with Crippen molar-refractivity contribution in [3.05, 3.63) is 30.3 Å². The summed E-state index contributed by atoms with van der Waals surface area (Å²) < 4.78 is 4.88. The number of carbonyl (C=O) groups excluding carboxylic acids is 1. The van der Waals surface area contributed by atoms with Gasteiger partial charge < -0.3 is 9.84 Å². The number of halogens is 1. The lowest BCUT2D eigenvalue weighted by molar-refractivity contribution is -0.150. The minimum Gasteiger partial charge on any atom is -0.478 e. The molecule has 0 fully saturated rings. The van der Waals surface area contributed by atoms with E-state index < -0.39 is 17.0 Å². The fourth-order valence-electron chi connectivity index (χ4n) is 1.48. The van der Waals surface area contributed by atoms with Crippen LogP contribution in [0.2, 0.25) is 0 Å². The van der Waals surface area contributed by atoms with Crippen molar-refractivity contribution >= 4 is 33.5 Å². The third kappa shape index (κ3) is 3.30. The maximum atomic E-state index is 12.1. The van der Waals surface area contributed by atoms with Crippen LogP contribution in [0.3, 0.4) is 0 Å². The molecule has 5 nitrogen and oxygen atoms in total. The van der Waals surface area contributed by atoms with Gasteiger partial charge in [-0.15, -0.1) is 0 Å². The standard InChI is InChI=1S/C12H14BrNO4/c1-8(13)10(15)14(11(18-2)12(16)17)9-6-4-3-5-7-9/h3-8,11H,1-2H3,(H,16,17). The number of anilines is 1. The van der Waals surface area contributed by atoms with Gasteiger partial charge in [-0.25, -0.2) is 4.79 Å². The molecule has 1 aromatic carbocycles. The van der Waals surface area contributed by atoms with E-state index in [9.17, 15) is 9.59 Å². The van der Waals surface area contributed by atoms with E-state index >= 15 is 0 Å². The van der Waals surface area contributed by atoms with E-state index in [4.69, 9.17) is 9.84 Å². The van der Waals surface area contributed by atoms with Crippen LogP contribution in [0.4, 0.5) is 5.69 Å². The lowest BCUT2D eigenvalue weighted by Gasteiger charge is -2.28. The molecule has 2 unspecified atom stereocenters. The number of para-hydroxylation sites is 1. The van der Waals surface area contributed by atoms with Gasteiger partial charge in [0.25, 0.3) is 0 Å². The number of rotatable bonds is 5. The van der Waals surface area contributed by atoms with Crippen LogP contribution in [0.1, 0.15) is 6.92 Å². The quantitative estimate of drug-likeness (QED) is 0.665. The highest BCUT2D eigenvalue weighted by Gasteiger charge is 2.32. The van der Waals surface area contributed by atoms with Gasteiger partial charge in [0.1, 0.15) is 0 Å². The molecule has 0 heterocycles. The molecular weight excluding hydrogens is 302 g/mol. The molecule has 18 heavy (non-hydrogen) atoms. The number of benzene rings is 1. The minimum absolute atomic E-state index is 0.379. The van der Waals surface area contributed by atoms with Crippen LogP contribution < -0.4 is 4.90 Å². The van der Waals surface area contributed by atoms with Crippen LogP contribution in [-0.2, 0) is 14.3 Å². The lowest BCUT2D eigenvalue weighted by atomic mass is 10.2. The summed E-state index contributed by atoms with van der Waals surface area (Å²) in [7, 11) is 1.25. The summed E-state index contributed by atoms with van der Waals surface area (Å²) >= 11 is 3.14. The van der Waals surface area contributed by atoms with Crippen molar-refractivity contribution in [3.63, 3.8) is 0 Å². The fraction of sp³-hybridized carbons (Fsp3) is 0.333. The molecule has 0 saturated heterocycles. The Bertz CT molecular complexity index is 421.